The molecule has 0 heterocycles. The first-order valence-corrected chi connectivity index (χ1v) is 9.83. The Morgan fingerprint density at radius 1 is 0.968 bits per heavy atom. The van der Waals surface area contributed by atoms with Crippen LogP contribution >= 0.6 is 11.6 Å². The number of carbonyl (C=O) groups excluding carboxylic acids is 2. The molecular formula is C24H21ClFN3O2. The van der Waals surface area contributed by atoms with Gasteiger partial charge in [-0.1, -0.05) is 41.9 Å². The average Bonchev–Trinajstić information content (AvgIpc) is 2.74. The number of benzene rings is 3. The standard InChI is InChI=1S/C24H21ClFN3O2/c1-29(2)19-12-10-16(11-13-19)14-22(24(31)27-18-7-5-6-17(25)15-18)28-23(30)20-8-3-4-9-21(20)26/h3-15H,1-2H3,(H,27,31)(H,28,30)/b22-14-. The molecule has 0 unspecified atom stereocenters. The van der Waals surface area contributed by atoms with E-state index in [4.69, 9.17) is 11.6 Å². The van der Waals surface area contributed by atoms with Crippen LogP contribution in [-0.4, -0.2) is 25.9 Å². The maximum atomic E-state index is 14.0. The van der Waals surface area contributed by atoms with Crippen LogP contribution in [0.4, 0.5) is 15.8 Å². The monoisotopic (exact) mass is 437 g/mol. The summed E-state index contributed by atoms with van der Waals surface area (Å²) in [5.74, 6) is -1.97. The van der Waals surface area contributed by atoms with E-state index < -0.39 is 17.6 Å². The van der Waals surface area contributed by atoms with E-state index in [2.05, 4.69) is 10.6 Å². The SMILES string of the molecule is CN(C)c1ccc(/C=C(\NC(=O)c2ccccc2F)C(=O)Nc2cccc(Cl)c2)cc1. The van der Waals surface area contributed by atoms with Crippen molar-refractivity contribution in [2.75, 3.05) is 24.3 Å². The summed E-state index contributed by atoms with van der Waals surface area (Å²) in [5, 5.41) is 5.67. The Hall–Kier alpha value is -3.64. The molecule has 3 aromatic carbocycles. The quantitative estimate of drug-likeness (QED) is 0.536. The Morgan fingerprint density at radius 2 is 1.68 bits per heavy atom. The van der Waals surface area contributed by atoms with Gasteiger partial charge in [0, 0.05) is 30.5 Å². The molecule has 0 saturated heterocycles. The largest absolute Gasteiger partial charge is 0.378 e. The zero-order valence-corrected chi connectivity index (χ0v) is 17.8. The van der Waals surface area contributed by atoms with E-state index in [1.54, 1.807) is 30.3 Å². The fourth-order valence-electron chi connectivity index (χ4n) is 2.79. The normalized spacial score (nSPS) is 11.0. The summed E-state index contributed by atoms with van der Waals surface area (Å²) < 4.78 is 14.0. The number of amides is 2. The molecule has 0 radical (unpaired) electrons. The van der Waals surface area contributed by atoms with E-state index >= 15 is 0 Å². The van der Waals surface area contributed by atoms with Crippen molar-refractivity contribution in [3.63, 3.8) is 0 Å². The summed E-state index contributed by atoms with van der Waals surface area (Å²) in [6.45, 7) is 0. The molecule has 0 atom stereocenters. The number of rotatable bonds is 6. The predicted molar refractivity (Wildman–Crippen MR) is 123 cm³/mol. The lowest BCUT2D eigenvalue weighted by atomic mass is 10.1. The lowest BCUT2D eigenvalue weighted by Crippen LogP contribution is -2.31. The number of hydrogen-bond donors (Lipinski definition) is 2. The van der Waals surface area contributed by atoms with Gasteiger partial charge in [-0.3, -0.25) is 9.59 Å². The topological polar surface area (TPSA) is 61.4 Å². The molecule has 0 aliphatic carbocycles. The number of halogens is 2. The Labute approximate surface area is 185 Å². The fraction of sp³-hybridized carbons (Fsp3) is 0.0833. The van der Waals surface area contributed by atoms with E-state index in [9.17, 15) is 14.0 Å². The van der Waals surface area contributed by atoms with Crippen LogP contribution in [0.15, 0.2) is 78.5 Å². The third-order valence-corrected chi connectivity index (χ3v) is 4.65. The smallest absolute Gasteiger partial charge is 0.272 e. The Balaban J connectivity index is 1.91. The van der Waals surface area contributed by atoms with Gasteiger partial charge in [0.25, 0.3) is 11.8 Å². The van der Waals surface area contributed by atoms with Crippen molar-refractivity contribution in [1.82, 2.24) is 5.32 Å². The van der Waals surface area contributed by atoms with Crippen LogP contribution < -0.4 is 15.5 Å². The van der Waals surface area contributed by atoms with Gasteiger partial charge >= 0.3 is 0 Å². The van der Waals surface area contributed by atoms with E-state index in [0.29, 0.717) is 16.3 Å². The highest BCUT2D eigenvalue weighted by Gasteiger charge is 2.17. The van der Waals surface area contributed by atoms with Crippen LogP contribution in [0.25, 0.3) is 6.08 Å². The second-order valence-corrected chi connectivity index (χ2v) is 7.38. The summed E-state index contributed by atoms with van der Waals surface area (Å²) in [7, 11) is 3.84. The number of hydrogen-bond acceptors (Lipinski definition) is 3. The average molecular weight is 438 g/mol. The Kier molecular flexibility index (Phi) is 7.05. The first-order chi connectivity index (χ1) is 14.8. The molecule has 5 nitrogen and oxygen atoms in total. The fourth-order valence-corrected chi connectivity index (χ4v) is 2.98. The summed E-state index contributed by atoms with van der Waals surface area (Å²) in [6, 6.07) is 19.6. The van der Waals surface area contributed by atoms with Crippen LogP contribution in [0.1, 0.15) is 15.9 Å². The first-order valence-electron chi connectivity index (χ1n) is 9.45. The van der Waals surface area contributed by atoms with Gasteiger partial charge in [-0.15, -0.1) is 0 Å². The molecule has 2 amide bonds. The zero-order chi connectivity index (χ0) is 22.4. The molecule has 7 heteroatoms. The minimum absolute atomic E-state index is 0.0363. The molecule has 0 bridgehead atoms. The van der Waals surface area contributed by atoms with Gasteiger partial charge in [0.15, 0.2) is 0 Å². The van der Waals surface area contributed by atoms with Crippen molar-refractivity contribution in [3.8, 4) is 0 Å². The molecule has 0 saturated carbocycles. The van der Waals surface area contributed by atoms with Crippen molar-refractivity contribution < 1.29 is 14.0 Å². The Bertz CT molecular complexity index is 1130. The van der Waals surface area contributed by atoms with Crippen LogP contribution in [0.2, 0.25) is 5.02 Å². The van der Waals surface area contributed by atoms with Crippen molar-refractivity contribution in [3.05, 3.63) is 100 Å². The molecule has 2 N–H and O–H groups in total. The van der Waals surface area contributed by atoms with Gasteiger partial charge in [-0.25, -0.2) is 4.39 Å². The third kappa shape index (κ3) is 5.93. The summed E-state index contributed by atoms with van der Waals surface area (Å²) >= 11 is 5.98. The van der Waals surface area contributed by atoms with Gasteiger partial charge < -0.3 is 15.5 Å². The molecule has 0 spiro atoms. The lowest BCUT2D eigenvalue weighted by Gasteiger charge is -2.13. The van der Waals surface area contributed by atoms with E-state index in [1.807, 2.05) is 43.3 Å². The van der Waals surface area contributed by atoms with Crippen LogP contribution in [-0.2, 0) is 4.79 Å². The summed E-state index contributed by atoms with van der Waals surface area (Å²) in [4.78, 5) is 27.5. The highest BCUT2D eigenvalue weighted by Crippen LogP contribution is 2.18. The highest BCUT2D eigenvalue weighted by atomic mass is 35.5. The van der Waals surface area contributed by atoms with Gasteiger partial charge in [0.1, 0.15) is 11.5 Å². The molecule has 0 aliphatic heterocycles. The van der Waals surface area contributed by atoms with Gasteiger partial charge in [-0.2, -0.15) is 0 Å². The van der Waals surface area contributed by atoms with Gasteiger partial charge in [0.2, 0.25) is 0 Å². The molecule has 31 heavy (non-hydrogen) atoms. The minimum Gasteiger partial charge on any atom is -0.378 e. The van der Waals surface area contributed by atoms with Crippen molar-refractivity contribution in [2.24, 2.45) is 0 Å². The molecule has 158 valence electrons. The second kappa shape index (κ2) is 9.91. The third-order valence-electron chi connectivity index (χ3n) is 4.41. The predicted octanol–water partition coefficient (Wildman–Crippen LogP) is 4.95. The molecular weight excluding hydrogens is 417 g/mol. The maximum absolute atomic E-state index is 14.0. The number of nitrogens with zero attached hydrogens (tertiary/aromatic N) is 1. The van der Waals surface area contributed by atoms with E-state index in [-0.39, 0.29) is 11.3 Å². The van der Waals surface area contributed by atoms with Gasteiger partial charge in [-0.05, 0) is 54.1 Å². The van der Waals surface area contributed by atoms with Crippen LogP contribution in [0.5, 0.6) is 0 Å². The Morgan fingerprint density at radius 3 is 2.32 bits per heavy atom. The molecule has 0 aliphatic rings. The highest BCUT2D eigenvalue weighted by molar-refractivity contribution is 6.31. The minimum atomic E-state index is -0.726. The lowest BCUT2D eigenvalue weighted by molar-refractivity contribution is -0.113. The molecule has 3 rings (SSSR count). The molecule has 3 aromatic rings. The van der Waals surface area contributed by atoms with Crippen molar-refractivity contribution >= 4 is 40.9 Å². The first kappa shape index (κ1) is 22.1. The number of nitrogens with one attached hydrogen (secondary N) is 2. The van der Waals surface area contributed by atoms with Crippen molar-refractivity contribution in [1.29, 1.82) is 0 Å². The van der Waals surface area contributed by atoms with Crippen LogP contribution in [0.3, 0.4) is 0 Å². The number of carbonyl (C=O) groups is 2. The zero-order valence-electron chi connectivity index (χ0n) is 17.0. The number of anilines is 2. The van der Waals surface area contributed by atoms with Crippen molar-refractivity contribution in [2.45, 2.75) is 0 Å². The van der Waals surface area contributed by atoms with E-state index in [1.165, 1.54) is 24.3 Å². The maximum Gasteiger partial charge on any atom is 0.272 e. The van der Waals surface area contributed by atoms with Crippen LogP contribution in [0, 0.1) is 5.82 Å². The molecule has 0 aromatic heterocycles. The summed E-state index contributed by atoms with van der Waals surface area (Å²) in [6.07, 6.45) is 1.53. The van der Waals surface area contributed by atoms with E-state index in [0.717, 1.165) is 5.69 Å². The second-order valence-electron chi connectivity index (χ2n) is 6.94. The van der Waals surface area contributed by atoms with Gasteiger partial charge in [0.05, 0.1) is 5.56 Å². The molecule has 0 fully saturated rings. The summed E-state index contributed by atoms with van der Waals surface area (Å²) in [5.41, 5.74) is 1.94.